The second kappa shape index (κ2) is 5.04. The minimum Gasteiger partial charge on any atom is -0.305 e. The lowest BCUT2D eigenvalue weighted by molar-refractivity contribution is 0.414. The summed E-state index contributed by atoms with van der Waals surface area (Å²) in [6.07, 6.45) is 3.99. The number of hydrogen-bond acceptors (Lipinski definition) is 2. The predicted octanol–water partition coefficient (Wildman–Crippen LogP) is 2.48. The van der Waals surface area contributed by atoms with Gasteiger partial charge in [-0.25, -0.2) is 0 Å². The second-order valence-corrected chi connectivity index (χ2v) is 4.43. The zero-order valence-electron chi connectivity index (χ0n) is 7.60. The highest BCUT2D eigenvalue weighted by atomic mass is 32.2. The van der Waals surface area contributed by atoms with Crippen LogP contribution in [-0.2, 0) is 0 Å². The Kier molecular flexibility index (Phi) is 4.31. The van der Waals surface area contributed by atoms with Crippen molar-refractivity contribution in [2.75, 3.05) is 12.3 Å². The Labute approximate surface area is 74.3 Å². The molecule has 66 valence electrons. The lowest BCUT2D eigenvalue weighted by Gasteiger charge is -2.29. The zero-order valence-corrected chi connectivity index (χ0v) is 8.41. The summed E-state index contributed by atoms with van der Waals surface area (Å²) in [4.78, 5) is 0. The molecular weight excluding hydrogens is 154 g/mol. The van der Waals surface area contributed by atoms with Crippen molar-refractivity contribution in [1.82, 2.24) is 5.32 Å². The van der Waals surface area contributed by atoms with Gasteiger partial charge in [0.15, 0.2) is 0 Å². The third-order valence-electron chi connectivity index (χ3n) is 2.44. The highest BCUT2D eigenvalue weighted by Crippen LogP contribution is 2.25. The SMILES string of the molecule is CCC(CC)C1NCCCS1. The van der Waals surface area contributed by atoms with Crippen LogP contribution in [0.15, 0.2) is 0 Å². The van der Waals surface area contributed by atoms with Gasteiger partial charge < -0.3 is 5.32 Å². The van der Waals surface area contributed by atoms with Crippen LogP contribution in [-0.4, -0.2) is 17.7 Å². The number of hydrogen-bond donors (Lipinski definition) is 1. The van der Waals surface area contributed by atoms with Gasteiger partial charge >= 0.3 is 0 Å². The van der Waals surface area contributed by atoms with E-state index in [1.807, 2.05) is 0 Å². The van der Waals surface area contributed by atoms with E-state index in [0.717, 1.165) is 11.3 Å². The summed E-state index contributed by atoms with van der Waals surface area (Å²) in [6.45, 7) is 5.82. The van der Waals surface area contributed by atoms with Gasteiger partial charge in [0, 0.05) is 0 Å². The van der Waals surface area contributed by atoms with Crippen molar-refractivity contribution in [3.63, 3.8) is 0 Å². The molecule has 1 atom stereocenters. The molecule has 1 aliphatic heterocycles. The van der Waals surface area contributed by atoms with Crippen LogP contribution < -0.4 is 5.32 Å². The van der Waals surface area contributed by atoms with E-state index in [9.17, 15) is 0 Å². The van der Waals surface area contributed by atoms with Crippen LogP contribution in [0.3, 0.4) is 0 Å². The number of nitrogens with one attached hydrogen (secondary N) is 1. The highest BCUT2D eigenvalue weighted by Gasteiger charge is 2.20. The molecule has 1 nitrogen and oxygen atoms in total. The van der Waals surface area contributed by atoms with Gasteiger partial charge in [0.2, 0.25) is 0 Å². The maximum atomic E-state index is 3.58. The van der Waals surface area contributed by atoms with Crippen molar-refractivity contribution in [2.24, 2.45) is 5.92 Å². The van der Waals surface area contributed by atoms with Crippen molar-refractivity contribution >= 4 is 11.8 Å². The van der Waals surface area contributed by atoms with Crippen LogP contribution in [0.4, 0.5) is 0 Å². The topological polar surface area (TPSA) is 12.0 Å². The van der Waals surface area contributed by atoms with E-state index in [1.54, 1.807) is 0 Å². The fraction of sp³-hybridized carbons (Fsp3) is 1.00. The van der Waals surface area contributed by atoms with Crippen LogP contribution >= 0.6 is 11.8 Å². The Morgan fingerprint density at radius 2 is 2.18 bits per heavy atom. The van der Waals surface area contributed by atoms with E-state index in [1.165, 1.54) is 31.6 Å². The molecule has 1 saturated heterocycles. The lowest BCUT2D eigenvalue weighted by Crippen LogP contribution is -2.37. The van der Waals surface area contributed by atoms with Crippen LogP contribution in [0.5, 0.6) is 0 Å². The highest BCUT2D eigenvalue weighted by molar-refractivity contribution is 7.99. The molecule has 1 N–H and O–H groups in total. The van der Waals surface area contributed by atoms with Gasteiger partial charge in [0.05, 0.1) is 5.37 Å². The van der Waals surface area contributed by atoms with E-state index >= 15 is 0 Å². The van der Waals surface area contributed by atoms with Crippen LogP contribution in [0.25, 0.3) is 0 Å². The second-order valence-electron chi connectivity index (χ2n) is 3.18. The number of thioether (sulfide) groups is 1. The fourth-order valence-electron chi connectivity index (χ4n) is 1.61. The van der Waals surface area contributed by atoms with Crippen LogP contribution in [0, 0.1) is 5.92 Å². The quantitative estimate of drug-likeness (QED) is 0.703. The molecule has 0 amide bonds. The van der Waals surface area contributed by atoms with Gasteiger partial charge in [0.1, 0.15) is 0 Å². The molecular formula is C9H19NS. The fourth-order valence-corrected chi connectivity index (χ4v) is 3.06. The third kappa shape index (κ3) is 2.68. The minimum absolute atomic E-state index is 0.749. The van der Waals surface area contributed by atoms with Gasteiger partial charge in [-0.1, -0.05) is 26.7 Å². The van der Waals surface area contributed by atoms with Gasteiger partial charge in [0.25, 0.3) is 0 Å². The molecule has 1 aliphatic rings. The molecule has 0 aromatic rings. The molecule has 1 heterocycles. The summed E-state index contributed by atoms with van der Waals surface area (Å²) in [5.74, 6) is 2.24. The Morgan fingerprint density at radius 3 is 2.64 bits per heavy atom. The zero-order chi connectivity index (χ0) is 8.10. The molecule has 1 unspecified atom stereocenters. The molecule has 0 saturated carbocycles. The maximum Gasteiger partial charge on any atom is 0.0560 e. The summed E-state index contributed by atoms with van der Waals surface area (Å²) in [7, 11) is 0. The predicted molar refractivity (Wildman–Crippen MR) is 52.9 cm³/mol. The van der Waals surface area contributed by atoms with Gasteiger partial charge in [-0.3, -0.25) is 0 Å². The Balaban J connectivity index is 2.30. The summed E-state index contributed by atoms with van der Waals surface area (Å²) >= 11 is 2.11. The first-order valence-electron chi connectivity index (χ1n) is 4.73. The van der Waals surface area contributed by atoms with Crippen molar-refractivity contribution < 1.29 is 0 Å². The Bertz CT molecular complexity index is 95.7. The average Bonchev–Trinajstić information content (AvgIpc) is 2.09. The Morgan fingerprint density at radius 1 is 1.45 bits per heavy atom. The summed E-state index contributed by atoms with van der Waals surface area (Å²) < 4.78 is 0. The van der Waals surface area contributed by atoms with Gasteiger partial charge in [-0.05, 0) is 24.6 Å². The molecule has 0 radical (unpaired) electrons. The lowest BCUT2D eigenvalue weighted by atomic mass is 10.0. The molecule has 2 heteroatoms. The summed E-state index contributed by atoms with van der Waals surface area (Å²) in [5, 5.41) is 4.33. The maximum absolute atomic E-state index is 3.58. The molecule has 0 spiro atoms. The van der Waals surface area contributed by atoms with E-state index in [-0.39, 0.29) is 0 Å². The molecule has 0 aliphatic carbocycles. The Hall–Kier alpha value is 0.310. The largest absolute Gasteiger partial charge is 0.305 e. The van der Waals surface area contributed by atoms with Crippen LogP contribution in [0.2, 0.25) is 0 Å². The van der Waals surface area contributed by atoms with Crippen molar-refractivity contribution in [3.05, 3.63) is 0 Å². The summed E-state index contributed by atoms with van der Waals surface area (Å²) in [6, 6.07) is 0. The normalized spacial score (nSPS) is 25.9. The van der Waals surface area contributed by atoms with E-state index < -0.39 is 0 Å². The van der Waals surface area contributed by atoms with Gasteiger partial charge in [-0.15, -0.1) is 11.8 Å². The average molecular weight is 173 g/mol. The van der Waals surface area contributed by atoms with Crippen molar-refractivity contribution in [2.45, 2.75) is 38.5 Å². The molecule has 0 bridgehead atoms. The molecule has 11 heavy (non-hydrogen) atoms. The summed E-state index contributed by atoms with van der Waals surface area (Å²) in [5.41, 5.74) is 0. The van der Waals surface area contributed by atoms with Gasteiger partial charge in [-0.2, -0.15) is 0 Å². The first kappa shape index (κ1) is 9.40. The number of rotatable bonds is 3. The minimum atomic E-state index is 0.749. The van der Waals surface area contributed by atoms with E-state index in [2.05, 4.69) is 30.9 Å². The first-order valence-corrected chi connectivity index (χ1v) is 5.78. The van der Waals surface area contributed by atoms with Crippen molar-refractivity contribution in [3.8, 4) is 0 Å². The molecule has 1 fully saturated rings. The monoisotopic (exact) mass is 173 g/mol. The molecule has 1 rings (SSSR count). The third-order valence-corrected chi connectivity index (χ3v) is 3.88. The van der Waals surface area contributed by atoms with Crippen LogP contribution in [0.1, 0.15) is 33.1 Å². The standard InChI is InChI=1S/C9H19NS/c1-3-8(4-2)9-10-6-5-7-11-9/h8-10H,3-7H2,1-2H3. The molecule has 0 aromatic heterocycles. The smallest absolute Gasteiger partial charge is 0.0560 e. The van der Waals surface area contributed by atoms with E-state index in [4.69, 9.17) is 0 Å². The molecule has 0 aromatic carbocycles. The van der Waals surface area contributed by atoms with E-state index in [0.29, 0.717) is 0 Å². The first-order chi connectivity index (χ1) is 5.38. The van der Waals surface area contributed by atoms with Crippen molar-refractivity contribution in [1.29, 1.82) is 0 Å².